The van der Waals surface area contributed by atoms with Crippen LogP contribution in [0.25, 0.3) is 0 Å². The predicted octanol–water partition coefficient (Wildman–Crippen LogP) is 1.48. The van der Waals surface area contributed by atoms with Crippen molar-refractivity contribution in [2.75, 3.05) is 25.1 Å². The van der Waals surface area contributed by atoms with Crippen molar-refractivity contribution in [3.63, 3.8) is 0 Å². The predicted molar refractivity (Wildman–Crippen MR) is 88.3 cm³/mol. The van der Waals surface area contributed by atoms with Crippen molar-refractivity contribution in [2.45, 2.75) is 26.8 Å². The first kappa shape index (κ1) is 17.5. The molecule has 0 aromatic heterocycles. The highest BCUT2D eigenvalue weighted by Gasteiger charge is 2.02. The molecule has 0 unspecified atom stereocenters. The molecule has 1 rings (SSSR count). The number of nitrogens with one attached hydrogen (secondary N) is 2. The Morgan fingerprint density at radius 3 is 2.43 bits per heavy atom. The van der Waals surface area contributed by atoms with Crippen molar-refractivity contribution in [2.24, 2.45) is 4.99 Å². The number of aliphatic imine (C=N–C) groups is 1. The normalized spacial score (nSPS) is 12.2. The van der Waals surface area contributed by atoms with Crippen LogP contribution in [0, 0.1) is 6.92 Å². The van der Waals surface area contributed by atoms with Gasteiger partial charge in [-0.2, -0.15) is 0 Å². The number of nitrogens with zero attached hydrogens (tertiary/aromatic N) is 1. The largest absolute Gasteiger partial charge is 0.357 e. The maximum Gasteiger partial charge on any atom is 0.191 e. The van der Waals surface area contributed by atoms with E-state index in [1.54, 1.807) is 0 Å². The molecule has 0 aliphatic rings. The molecule has 2 N–H and O–H groups in total. The third-order valence-corrected chi connectivity index (χ3v) is 3.90. The van der Waals surface area contributed by atoms with E-state index in [4.69, 9.17) is 0 Å². The molecular formula is C15H25N3O2S. The summed E-state index contributed by atoms with van der Waals surface area (Å²) in [4.78, 5) is 4.49. The van der Waals surface area contributed by atoms with Crippen LogP contribution in [0.1, 0.15) is 24.5 Å². The molecule has 0 heterocycles. The lowest BCUT2D eigenvalue weighted by atomic mass is 10.1. The second-order valence-electron chi connectivity index (χ2n) is 5.09. The molecule has 0 bridgehead atoms. The van der Waals surface area contributed by atoms with Gasteiger partial charge in [0.1, 0.15) is 9.84 Å². The number of aryl methyl sites for hydroxylation is 1. The third kappa shape index (κ3) is 8.34. The molecule has 0 aliphatic carbocycles. The van der Waals surface area contributed by atoms with Crippen molar-refractivity contribution in [3.05, 3.63) is 35.4 Å². The number of hydrogen-bond donors (Lipinski definition) is 2. The highest BCUT2D eigenvalue weighted by molar-refractivity contribution is 7.90. The van der Waals surface area contributed by atoms with Crippen LogP contribution in [0.5, 0.6) is 0 Å². The van der Waals surface area contributed by atoms with E-state index in [-0.39, 0.29) is 5.75 Å². The fourth-order valence-electron chi connectivity index (χ4n) is 1.75. The van der Waals surface area contributed by atoms with Gasteiger partial charge in [-0.25, -0.2) is 13.4 Å². The molecule has 0 saturated carbocycles. The highest BCUT2D eigenvalue weighted by Crippen LogP contribution is 2.04. The molecule has 0 atom stereocenters. The minimum atomic E-state index is -2.89. The van der Waals surface area contributed by atoms with E-state index in [0.717, 1.165) is 12.1 Å². The van der Waals surface area contributed by atoms with Crippen LogP contribution in [0.4, 0.5) is 0 Å². The van der Waals surface area contributed by atoms with Gasteiger partial charge in [0.15, 0.2) is 5.96 Å². The summed E-state index contributed by atoms with van der Waals surface area (Å²) in [5.41, 5.74) is 2.38. The molecule has 0 fully saturated rings. The van der Waals surface area contributed by atoms with E-state index >= 15 is 0 Å². The number of hydrogen-bond acceptors (Lipinski definition) is 3. The van der Waals surface area contributed by atoms with Gasteiger partial charge in [0.25, 0.3) is 0 Å². The number of rotatable bonds is 7. The molecule has 0 saturated heterocycles. The summed E-state index contributed by atoms with van der Waals surface area (Å²) in [6.07, 6.45) is 1.83. The Kier molecular flexibility index (Phi) is 7.22. The van der Waals surface area contributed by atoms with Crippen molar-refractivity contribution in [1.29, 1.82) is 0 Å². The SMILES string of the molecule is CCNC(=NCc1ccc(C)cc1)NCCCS(C)(=O)=O. The van der Waals surface area contributed by atoms with Crippen LogP contribution in [-0.4, -0.2) is 39.5 Å². The second-order valence-corrected chi connectivity index (χ2v) is 7.35. The van der Waals surface area contributed by atoms with Crippen molar-refractivity contribution < 1.29 is 8.42 Å². The lowest BCUT2D eigenvalue weighted by Gasteiger charge is -2.11. The van der Waals surface area contributed by atoms with Gasteiger partial charge in [0.05, 0.1) is 12.3 Å². The Morgan fingerprint density at radius 1 is 1.19 bits per heavy atom. The zero-order valence-corrected chi connectivity index (χ0v) is 13.8. The maximum absolute atomic E-state index is 11.1. The van der Waals surface area contributed by atoms with E-state index in [0.29, 0.717) is 25.5 Å². The molecule has 0 aliphatic heterocycles. The van der Waals surface area contributed by atoms with Crippen LogP contribution >= 0.6 is 0 Å². The maximum atomic E-state index is 11.1. The summed E-state index contributed by atoms with van der Waals surface area (Å²) < 4.78 is 22.1. The van der Waals surface area contributed by atoms with Crippen molar-refractivity contribution >= 4 is 15.8 Å². The first-order valence-electron chi connectivity index (χ1n) is 7.16. The molecule has 0 radical (unpaired) electrons. The zero-order chi connectivity index (χ0) is 15.7. The number of guanidine groups is 1. The van der Waals surface area contributed by atoms with Crippen molar-refractivity contribution in [1.82, 2.24) is 10.6 Å². The van der Waals surface area contributed by atoms with E-state index in [1.165, 1.54) is 11.8 Å². The van der Waals surface area contributed by atoms with Gasteiger partial charge in [-0.3, -0.25) is 0 Å². The van der Waals surface area contributed by atoms with Gasteiger partial charge in [-0.15, -0.1) is 0 Å². The Morgan fingerprint density at radius 2 is 1.86 bits per heavy atom. The molecule has 6 heteroatoms. The molecule has 1 aromatic rings. The number of benzene rings is 1. The Hall–Kier alpha value is -1.56. The topological polar surface area (TPSA) is 70.6 Å². The van der Waals surface area contributed by atoms with E-state index in [1.807, 2.05) is 6.92 Å². The number of sulfone groups is 1. The average molecular weight is 311 g/mol. The first-order valence-corrected chi connectivity index (χ1v) is 9.22. The standard InChI is InChI=1S/C15H25N3O2S/c1-4-16-15(17-10-5-11-21(3,19)20)18-12-14-8-6-13(2)7-9-14/h6-9H,4-5,10-12H2,1-3H3,(H2,16,17,18). The van der Waals surface area contributed by atoms with Gasteiger partial charge in [0, 0.05) is 19.3 Å². The lowest BCUT2D eigenvalue weighted by Crippen LogP contribution is -2.38. The van der Waals surface area contributed by atoms with E-state index < -0.39 is 9.84 Å². The Balaban J connectivity index is 2.47. The molecule has 5 nitrogen and oxygen atoms in total. The fourth-order valence-corrected chi connectivity index (χ4v) is 2.42. The quantitative estimate of drug-likeness (QED) is 0.455. The van der Waals surface area contributed by atoms with Gasteiger partial charge in [-0.05, 0) is 25.8 Å². The smallest absolute Gasteiger partial charge is 0.191 e. The van der Waals surface area contributed by atoms with Crippen LogP contribution in [0.3, 0.4) is 0 Å². The van der Waals surface area contributed by atoms with Gasteiger partial charge in [-0.1, -0.05) is 29.8 Å². The van der Waals surface area contributed by atoms with Gasteiger partial charge in [0.2, 0.25) is 0 Å². The zero-order valence-electron chi connectivity index (χ0n) is 13.0. The molecular weight excluding hydrogens is 286 g/mol. The second kappa shape index (κ2) is 8.67. The van der Waals surface area contributed by atoms with E-state index in [2.05, 4.69) is 46.8 Å². The lowest BCUT2D eigenvalue weighted by molar-refractivity contribution is 0.598. The monoisotopic (exact) mass is 311 g/mol. The average Bonchev–Trinajstić information content (AvgIpc) is 2.41. The summed E-state index contributed by atoms with van der Waals surface area (Å²) in [6, 6.07) is 8.26. The summed E-state index contributed by atoms with van der Waals surface area (Å²) in [5, 5.41) is 6.30. The molecule has 1 aromatic carbocycles. The Bertz CT molecular complexity index is 551. The third-order valence-electron chi connectivity index (χ3n) is 2.87. The summed E-state index contributed by atoms with van der Waals surface area (Å²) >= 11 is 0. The van der Waals surface area contributed by atoms with E-state index in [9.17, 15) is 8.42 Å². The minimum Gasteiger partial charge on any atom is -0.357 e. The molecule has 0 amide bonds. The molecule has 0 spiro atoms. The molecule has 118 valence electrons. The minimum absolute atomic E-state index is 0.192. The van der Waals surface area contributed by atoms with Crippen LogP contribution in [0.2, 0.25) is 0 Å². The summed E-state index contributed by atoms with van der Waals surface area (Å²) in [7, 11) is -2.89. The van der Waals surface area contributed by atoms with Crippen molar-refractivity contribution in [3.8, 4) is 0 Å². The molecule has 21 heavy (non-hydrogen) atoms. The van der Waals surface area contributed by atoms with Gasteiger partial charge < -0.3 is 10.6 Å². The Labute approximate surface area is 127 Å². The summed E-state index contributed by atoms with van der Waals surface area (Å²) in [6.45, 7) is 6.01. The summed E-state index contributed by atoms with van der Waals surface area (Å²) in [5.74, 6) is 0.906. The highest BCUT2D eigenvalue weighted by atomic mass is 32.2. The van der Waals surface area contributed by atoms with Gasteiger partial charge >= 0.3 is 0 Å². The van der Waals surface area contributed by atoms with Crippen LogP contribution in [-0.2, 0) is 16.4 Å². The first-order chi connectivity index (χ1) is 9.90. The fraction of sp³-hybridized carbons (Fsp3) is 0.533. The van der Waals surface area contributed by atoms with Crippen LogP contribution < -0.4 is 10.6 Å². The van der Waals surface area contributed by atoms with Crippen LogP contribution in [0.15, 0.2) is 29.3 Å².